The van der Waals surface area contributed by atoms with Crippen LogP contribution in [0.4, 0.5) is 0 Å². The van der Waals surface area contributed by atoms with E-state index in [1.165, 1.54) is 12.8 Å². The number of rotatable bonds is 3. The zero-order valence-electron chi connectivity index (χ0n) is 9.47. The Morgan fingerprint density at radius 3 is 3.00 bits per heavy atom. The predicted molar refractivity (Wildman–Crippen MR) is 59.9 cm³/mol. The zero-order chi connectivity index (χ0) is 11.0. The summed E-state index contributed by atoms with van der Waals surface area (Å²) in [6, 6.07) is 0.748. The normalized spacial score (nSPS) is 34.2. The Bertz CT molecular complexity index is 357. The molecule has 2 aliphatic rings. The van der Waals surface area contributed by atoms with Crippen LogP contribution in [0.15, 0.2) is 18.6 Å². The average molecular weight is 219 g/mol. The Hall–Kier alpha value is -1.00. The molecule has 2 fully saturated rings. The van der Waals surface area contributed by atoms with Gasteiger partial charge in [-0.3, -0.25) is 9.97 Å². The van der Waals surface area contributed by atoms with Crippen LogP contribution in [0, 0.1) is 0 Å². The van der Waals surface area contributed by atoms with Gasteiger partial charge in [0, 0.05) is 30.7 Å². The Balaban J connectivity index is 1.63. The molecule has 3 heterocycles. The van der Waals surface area contributed by atoms with Crippen LogP contribution in [0.3, 0.4) is 0 Å². The maximum absolute atomic E-state index is 5.82. The first kappa shape index (κ1) is 10.2. The van der Waals surface area contributed by atoms with Crippen molar-refractivity contribution in [1.82, 2.24) is 15.3 Å². The molecule has 4 heteroatoms. The number of nitrogens with zero attached hydrogens (tertiary/aromatic N) is 2. The molecule has 16 heavy (non-hydrogen) atoms. The van der Waals surface area contributed by atoms with E-state index in [0.29, 0.717) is 18.2 Å². The third-order valence-electron chi connectivity index (χ3n) is 3.60. The predicted octanol–water partition coefficient (Wildman–Crippen LogP) is 1.45. The highest BCUT2D eigenvalue weighted by atomic mass is 16.5. The van der Waals surface area contributed by atoms with Gasteiger partial charge in [-0.1, -0.05) is 0 Å². The molecule has 1 aromatic heterocycles. The van der Waals surface area contributed by atoms with Crippen molar-refractivity contribution in [2.24, 2.45) is 0 Å². The highest BCUT2D eigenvalue weighted by Crippen LogP contribution is 2.35. The molecule has 0 amide bonds. The molecular formula is C12H17N3O. The van der Waals surface area contributed by atoms with Crippen LogP contribution in [0.2, 0.25) is 0 Å². The van der Waals surface area contributed by atoms with Crippen molar-refractivity contribution in [2.45, 2.75) is 50.5 Å². The van der Waals surface area contributed by atoms with Crippen molar-refractivity contribution in [1.29, 1.82) is 0 Å². The minimum Gasteiger partial charge on any atom is -0.373 e. The fourth-order valence-electron chi connectivity index (χ4n) is 2.75. The quantitative estimate of drug-likeness (QED) is 0.835. The number of hydrogen-bond donors (Lipinski definition) is 1. The highest BCUT2D eigenvalue weighted by Gasteiger charge is 2.41. The summed E-state index contributed by atoms with van der Waals surface area (Å²) in [5.74, 6) is 0. The van der Waals surface area contributed by atoms with Crippen molar-refractivity contribution >= 4 is 0 Å². The molecule has 1 N–H and O–H groups in total. The van der Waals surface area contributed by atoms with Gasteiger partial charge in [0.1, 0.15) is 0 Å². The van der Waals surface area contributed by atoms with Gasteiger partial charge in [0.05, 0.1) is 17.9 Å². The number of ether oxygens (including phenoxy) is 1. The van der Waals surface area contributed by atoms with E-state index in [1.807, 2.05) is 6.20 Å². The van der Waals surface area contributed by atoms with Gasteiger partial charge in [-0.05, 0) is 26.2 Å². The second-order valence-electron chi connectivity index (χ2n) is 4.73. The molecule has 3 rings (SSSR count). The summed E-state index contributed by atoms with van der Waals surface area (Å²) < 4.78 is 5.82. The summed E-state index contributed by atoms with van der Waals surface area (Å²) in [6.45, 7) is 2.13. The lowest BCUT2D eigenvalue weighted by Crippen LogP contribution is -2.39. The van der Waals surface area contributed by atoms with E-state index in [4.69, 9.17) is 4.74 Å². The maximum Gasteiger partial charge on any atom is 0.0753 e. The van der Waals surface area contributed by atoms with E-state index >= 15 is 0 Å². The van der Waals surface area contributed by atoms with Gasteiger partial charge in [-0.2, -0.15) is 0 Å². The van der Waals surface area contributed by atoms with Gasteiger partial charge in [-0.25, -0.2) is 0 Å². The van der Waals surface area contributed by atoms with Crippen LogP contribution in [-0.2, 0) is 4.74 Å². The van der Waals surface area contributed by atoms with Crippen molar-refractivity contribution in [3.63, 3.8) is 0 Å². The van der Waals surface area contributed by atoms with Crippen LogP contribution in [0.25, 0.3) is 0 Å². The molecule has 2 bridgehead atoms. The van der Waals surface area contributed by atoms with Crippen LogP contribution in [-0.4, -0.2) is 28.2 Å². The number of nitrogens with one attached hydrogen (secondary N) is 1. The molecule has 4 nitrogen and oxygen atoms in total. The molecule has 1 aromatic rings. The molecule has 0 spiro atoms. The Morgan fingerprint density at radius 1 is 1.44 bits per heavy atom. The van der Waals surface area contributed by atoms with E-state index in [1.54, 1.807) is 12.4 Å². The molecule has 2 saturated heterocycles. The SMILES string of the molecule is CC(NC1CC2CCC1O2)c1cnccn1. The average Bonchev–Trinajstić information content (AvgIpc) is 2.92. The van der Waals surface area contributed by atoms with Gasteiger partial charge in [-0.15, -0.1) is 0 Å². The second-order valence-corrected chi connectivity index (χ2v) is 4.73. The van der Waals surface area contributed by atoms with E-state index in [2.05, 4.69) is 22.2 Å². The van der Waals surface area contributed by atoms with E-state index in [0.717, 1.165) is 12.1 Å². The third-order valence-corrected chi connectivity index (χ3v) is 3.60. The van der Waals surface area contributed by atoms with Crippen LogP contribution in [0.5, 0.6) is 0 Å². The first-order valence-electron chi connectivity index (χ1n) is 6.00. The number of fused-ring (bicyclic) bond motifs is 2. The van der Waals surface area contributed by atoms with Crippen LogP contribution in [0.1, 0.15) is 37.9 Å². The van der Waals surface area contributed by atoms with Gasteiger partial charge in [0.15, 0.2) is 0 Å². The molecule has 0 aromatic carbocycles. The lowest BCUT2D eigenvalue weighted by Gasteiger charge is -2.24. The summed E-state index contributed by atoms with van der Waals surface area (Å²) in [6.07, 6.45) is 9.78. The minimum atomic E-state index is 0.252. The molecule has 4 atom stereocenters. The van der Waals surface area contributed by atoms with Crippen molar-refractivity contribution < 1.29 is 4.74 Å². The number of hydrogen-bond acceptors (Lipinski definition) is 4. The fourth-order valence-corrected chi connectivity index (χ4v) is 2.75. The number of aromatic nitrogens is 2. The topological polar surface area (TPSA) is 47.0 Å². The van der Waals surface area contributed by atoms with Gasteiger partial charge in [0.2, 0.25) is 0 Å². The summed E-state index contributed by atoms with van der Waals surface area (Å²) in [5, 5.41) is 3.60. The summed E-state index contributed by atoms with van der Waals surface area (Å²) in [5.41, 5.74) is 1.00. The van der Waals surface area contributed by atoms with Crippen molar-refractivity contribution in [3.05, 3.63) is 24.3 Å². The maximum atomic E-state index is 5.82. The lowest BCUT2D eigenvalue weighted by molar-refractivity contribution is 0.0962. The first-order valence-corrected chi connectivity index (χ1v) is 6.00. The van der Waals surface area contributed by atoms with Gasteiger partial charge < -0.3 is 10.1 Å². The Kier molecular flexibility index (Phi) is 2.61. The van der Waals surface area contributed by atoms with E-state index in [9.17, 15) is 0 Å². The molecule has 0 radical (unpaired) electrons. The first-order chi connectivity index (χ1) is 7.83. The Morgan fingerprint density at radius 2 is 2.38 bits per heavy atom. The molecule has 86 valence electrons. The van der Waals surface area contributed by atoms with Crippen LogP contribution >= 0.6 is 0 Å². The molecular weight excluding hydrogens is 202 g/mol. The fraction of sp³-hybridized carbons (Fsp3) is 0.667. The van der Waals surface area contributed by atoms with Crippen molar-refractivity contribution in [3.8, 4) is 0 Å². The zero-order valence-corrected chi connectivity index (χ0v) is 9.47. The van der Waals surface area contributed by atoms with E-state index in [-0.39, 0.29) is 6.04 Å². The lowest BCUT2D eigenvalue weighted by atomic mass is 9.95. The smallest absolute Gasteiger partial charge is 0.0753 e. The molecule has 0 saturated carbocycles. The van der Waals surface area contributed by atoms with Crippen molar-refractivity contribution in [2.75, 3.05) is 0 Å². The molecule has 4 unspecified atom stereocenters. The second kappa shape index (κ2) is 4.11. The summed E-state index contributed by atoms with van der Waals surface area (Å²) >= 11 is 0. The third kappa shape index (κ3) is 1.83. The summed E-state index contributed by atoms with van der Waals surface area (Å²) in [7, 11) is 0. The summed E-state index contributed by atoms with van der Waals surface area (Å²) in [4.78, 5) is 8.41. The van der Waals surface area contributed by atoms with Crippen LogP contribution < -0.4 is 5.32 Å². The Labute approximate surface area is 95.4 Å². The standard InChI is InChI=1S/C12H17N3O/c1-8(11-7-13-4-5-14-11)15-10-6-9-2-3-12(10)16-9/h4-5,7-10,12,15H,2-3,6H2,1H3. The molecule has 2 aliphatic heterocycles. The largest absolute Gasteiger partial charge is 0.373 e. The van der Waals surface area contributed by atoms with E-state index < -0.39 is 0 Å². The van der Waals surface area contributed by atoms with Gasteiger partial charge in [0.25, 0.3) is 0 Å². The monoisotopic (exact) mass is 219 g/mol. The minimum absolute atomic E-state index is 0.252. The molecule has 0 aliphatic carbocycles. The van der Waals surface area contributed by atoms with Gasteiger partial charge >= 0.3 is 0 Å². The highest BCUT2D eigenvalue weighted by molar-refractivity contribution is 5.03.